The van der Waals surface area contributed by atoms with E-state index in [4.69, 9.17) is 0 Å². The maximum atomic E-state index is 12.0. The number of hydrogen-bond donors (Lipinski definition) is 2. The molecule has 3 rings (SSSR count). The summed E-state index contributed by atoms with van der Waals surface area (Å²) in [5.41, 5.74) is 2.79. The van der Waals surface area contributed by atoms with Crippen molar-refractivity contribution in [1.29, 1.82) is 0 Å². The first-order valence-electron chi connectivity index (χ1n) is 7.63. The van der Waals surface area contributed by atoms with E-state index in [0.717, 1.165) is 27.8 Å². The van der Waals surface area contributed by atoms with E-state index in [1.165, 1.54) is 6.08 Å². The summed E-state index contributed by atoms with van der Waals surface area (Å²) in [4.78, 5) is 23.9. The Morgan fingerprint density at radius 2 is 2.12 bits per heavy atom. The van der Waals surface area contributed by atoms with E-state index in [9.17, 15) is 4.79 Å². The van der Waals surface area contributed by atoms with Crippen molar-refractivity contribution in [3.8, 4) is 11.3 Å². The normalized spacial score (nSPS) is 12.4. The summed E-state index contributed by atoms with van der Waals surface area (Å²) in [6.45, 7) is 3.83. The summed E-state index contributed by atoms with van der Waals surface area (Å²) in [7, 11) is 0. The first-order valence-corrected chi connectivity index (χ1v) is 8.51. The van der Waals surface area contributed by atoms with Crippen LogP contribution in [-0.2, 0) is 4.79 Å². The molecule has 0 unspecified atom stereocenters. The van der Waals surface area contributed by atoms with Crippen LogP contribution in [0.25, 0.3) is 17.3 Å². The van der Waals surface area contributed by atoms with Gasteiger partial charge in [0.25, 0.3) is 0 Å². The molecule has 0 saturated carbocycles. The molecule has 1 aromatic carbocycles. The summed E-state index contributed by atoms with van der Waals surface area (Å²) in [6, 6.07) is 9.74. The third-order valence-electron chi connectivity index (χ3n) is 3.49. The zero-order valence-electron chi connectivity index (χ0n) is 13.5. The van der Waals surface area contributed by atoms with Crippen molar-refractivity contribution in [2.75, 3.05) is 0 Å². The lowest BCUT2D eigenvalue weighted by molar-refractivity contribution is -0.117. The lowest BCUT2D eigenvalue weighted by Gasteiger charge is -2.09. The number of benzene rings is 1. The highest BCUT2D eigenvalue weighted by Gasteiger charge is 2.12. The van der Waals surface area contributed by atoms with Gasteiger partial charge in [-0.05, 0) is 25.5 Å². The Balaban J connectivity index is 1.62. The summed E-state index contributed by atoms with van der Waals surface area (Å²) >= 11 is 1.56. The highest BCUT2D eigenvalue weighted by atomic mass is 32.1. The number of hydrogen-bond acceptors (Lipinski definition) is 4. The number of imidazole rings is 1. The number of thiazole rings is 1. The van der Waals surface area contributed by atoms with Crippen LogP contribution in [0.2, 0.25) is 0 Å². The Kier molecular flexibility index (Phi) is 4.86. The second-order valence-electron chi connectivity index (χ2n) is 5.40. The molecule has 5 nitrogen and oxygen atoms in total. The first kappa shape index (κ1) is 16.1. The Bertz CT molecular complexity index is 851. The number of carbonyl (C=O) groups excluding carboxylic acids is 1. The van der Waals surface area contributed by atoms with E-state index in [2.05, 4.69) is 20.3 Å². The molecule has 0 aliphatic heterocycles. The molecule has 2 N–H and O–H groups in total. The smallest absolute Gasteiger partial charge is 0.244 e. The van der Waals surface area contributed by atoms with Crippen LogP contribution in [0.15, 0.2) is 48.0 Å². The van der Waals surface area contributed by atoms with Crippen molar-refractivity contribution in [1.82, 2.24) is 20.3 Å². The average molecular weight is 338 g/mol. The number of rotatable bonds is 5. The molecule has 2 heterocycles. The second-order valence-corrected chi connectivity index (χ2v) is 6.47. The van der Waals surface area contributed by atoms with Crippen LogP contribution >= 0.6 is 11.3 Å². The minimum atomic E-state index is -0.211. The van der Waals surface area contributed by atoms with Crippen molar-refractivity contribution in [2.45, 2.75) is 19.9 Å². The largest absolute Gasteiger partial charge is 0.343 e. The van der Waals surface area contributed by atoms with E-state index in [1.807, 2.05) is 49.6 Å². The highest BCUT2D eigenvalue weighted by molar-refractivity contribution is 7.09. The van der Waals surface area contributed by atoms with Crippen molar-refractivity contribution in [3.63, 3.8) is 0 Å². The molecule has 0 spiro atoms. The van der Waals surface area contributed by atoms with Crippen molar-refractivity contribution < 1.29 is 4.79 Å². The first-order chi connectivity index (χ1) is 11.6. The number of aromatic nitrogens is 3. The molecule has 0 fully saturated rings. The zero-order valence-corrected chi connectivity index (χ0v) is 14.3. The maximum absolute atomic E-state index is 12.0. The second kappa shape index (κ2) is 7.23. The van der Waals surface area contributed by atoms with Crippen LogP contribution in [0, 0.1) is 6.92 Å². The van der Waals surface area contributed by atoms with Crippen molar-refractivity contribution >= 4 is 23.3 Å². The van der Waals surface area contributed by atoms with Crippen LogP contribution in [0.3, 0.4) is 0 Å². The monoisotopic (exact) mass is 338 g/mol. The standard InChI is InChI=1S/C18H18N4OS/c1-12(20-17(23)9-8-15-11-24-13(2)21-15)18-19-10-16(22-18)14-6-4-3-5-7-14/h3-12H,1-2H3,(H,19,22)(H,20,23)/b9-8-/t12-/m0/s1. The number of carbonyl (C=O) groups is 1. The molecule has 0 aliphatic carbocycles. The molecule has 3 aromatic rings. The zero-order chi connectivity index (χ0) is 16.9. The summed E-state index contributed by atoms with van der Waals surface area (Å²) in [5, 5.41) is 5.79. The number of aryl methyl sites for hydroxylation is 1. The van der Waals surface area contributed by atoms with Gasteiger partial charge < -0.3 is 10.3 Å². The molecule has 24 heavy (non-hydrogen) atoms. The van der Waals surface area contributed by atoms with Gasteiger partial charge in [0.15, 0.2) is 0 Å². The molecule has 0 aliphatic rings. The number of H-pyrrole nitrogens is 1. The van der Waals surface area contributed by atoms with Crippen LogP contribution in [0.1, 0.15) is 29.5 Å². The number of aromatic amines is 1. The lowest BCUT2D eigenvalue weighted by Crippen LogP contribution is -2.25. The predicted octanol–water partition coefficient (Wildman–Crippen LogP) is 3.73. The molecule has 0 bridgehead atoms. The van der Waals surface area contributed by atoms with E-state index >= 15 is 0 Å². The molecule has 0 saturated heterocycles. The topological polar surface area (TPSA) is 70.7 Å². The van der Waals surface area contributed by atoms with Crippen LogP contribution in [0.5, 0.6) is 0 Å². The molecular weight excluding hydrogens is 320 g/mol. The molecule has 0 radical (unpaired) electrons. The van der Waals surface area contributed by atoms with Gasteiger partial charge in [0.1, 0.15) is 5.82 Å². The Morgan fingerprint density at radius 1 is 1.33 bits per heavy atom. The van der Waals surface area contributed by atoms with E-state index in [-0.39, 0.29) is 11.9 Å². The average Bonchev–Trinajstić information content (AvgIpc) is 3.23. The third-order valence-corrected chi connectivity index (χ3v) is 4.28. The van der Waals surface area contributed by atoms with Gasteiger partial charge >= 0.3 is 0 Å². The Morgan fingerprint density at radius 3 is 2.83 bits per heavy atom. The van der Waals surface area contributed by atoms with Gasteiger partial charge in [-0.25, -0.2) is 9.97 Å². The fraction of sp³-hybridized carbons (Fsp3) is 0.167. The van der Waals surface area contributed by atoms with Crippen molar-refractivity contribution in [3.05, 3.63) is 64.5 Å². The Hall–Kier alpha value is -2.73. The number of nitrogens with zero attached hydrogens (tertiary/aromatic N) is 2. The quantitative estimate of drug-likeness (QED) is 0.696. The predicted molar refractivity (Wildman–Crippen MR) is 96.5 cm³/mol. The fourth-order valence-electron chi connectivity index (χ4n) is 2.27. The molecule has 2 aromatic heterocycles. The minimum absolute atomic E-state index is 0.175. The van der Waals surface area contributed by atoms with Crippen molar-refractivity contribution in [2.24, 2.45) is 0 Å². The number of amides is 1. The van der Waals surface area contributed by atoms with Gasteiger partial charge in [-0.2, -0.15) is 0 Å². The fourth-order valence-corrected chi connectivity index (χ4v) is 2.85. The van der Waals surface area contributed by atoms with Gasteiger partial charge in [0.2, 0.25) is 5.91 Å². The van der Waals surface area contributed by atoms with Gasteiger partial charge in [0, 0.05) is 11.5 Å². The minimum Gasteiger partial charge on any atom is -0.343 e. The molecule has 6 heteroatoms. The number of nitrogens with one attached hydrogen (secondary N) is 2. The SMILES string of the molecule is Cc1nc(/C=C\C(=O)N[C@@H](C)c2ncc(-c3ccccc3)[nH]2)cs1. The summed E-state index contributed by atoms with van der Waals surface area (Å²) in [6.07, 6.45) is 4.98. The molecular formula is C18H18N4OS. The molecule has 1 atom stereocenters. The maximum Gasteiger partial charge on any atom is 0.244 e. The van der Waals surface area contributed by atoms with Crippen LogP contribution < -0.4 is 5.32 Å². The van der Waals surface area contributed by atoms with E-state index in [0.29, 0.717) is 0 Å². The van der Waals surface area contributed by atoms with Crippen LogP contribution in [-0.4, -0.2) is 20.9 Å². The molecule has 122 valence electrons. The van der Waals surface area contributed by atoms with E-state index in [1.54, 1.807) is 23.6 Å². The van der Waals surface area contributed by atoms with Gasteiger partial charge in [-0.3, -0.25) is 4.79 Å². The summed E-state index contributed by atoms with van der Waals surface area (Å²) in [5.74, 6) is 0.547. The lowest BCUT2D eigenvalue weighted by atomic mass is 10.2. The van der Waals surface area contributed by atoms with Gasteiger partial charge in [-0.15, -0.1) is 11.3 Å². The van der Waals surface area contributed by atoms with E-state index < -0.39 is 0 Å². The third kappa shape index (κ3) is 3.97. The highest BCUT2D eigenvalue weighted by Crippen LogP contribution is 2.18. The van der Waals surface area contributed by atoms with Crippen LogP contribution in [0.4, 0.5) is 0 Å². The van der Waals surface area contributed by atoms with Gasteiger partial charge in [-0.1, -0.05) is 30.3 Å². The Labute approximate surface area is 144 Å². The molecule has 1 amide bonds. The summed E-state index contributed by atoms with van der Waals surface area (Å²) < 4.78 is 0. The van der Waals surface area contributed by atoms with Gasteiger partial charge in [0.05, 0.1) is 28.6 Å².